The molecule has 2 amide bonds. The van der Waals surface area contributed by atoms with E-state index in [2.05, 4.69) is 5.32 Å². The van der Waals surface area contributed by atoms with E-state index in [9.17, 15) is 9.59 Å². The standard InChI is InChI=1S/C11H21N3O3S/c1-9(10(15)16)13-4-6-14(7-5-13)11(17)12-3-8-18-2/h9H,3-8H2,1-2H3,(H,12,17)(H,15,16). The summed E-state index contributed by atoms with van der Waals surface area (Å²) >= 11 is 1.69. The molecule has 1 heterocycles. The second-order valence-corrected chi connectivity index (χ2v) is 5.25. The summed E-state index contributed by atoms with van der Waals surface area (Å²) in [6, 6.07) is -0.529. The zero-order valence-electron chi connectivity index (χ0n) is 10.9. The maximum atomic E-state index is 11.8. The molecule has 0 saturated carbocycles. The van der Waals surface area contributed by atoms with Gasteiger partial charge in [0.05, 0.1) is 0 Å². The average Bonchev–Trinajstić information content (AvgIpc) is 2.38. The Morgan fingerprint density at radius 3 is 2.44 bits per heavy atom. The minimum atomic E-state index is -0.812. The first kappa shape index (κ1) is 15.1. The van der Waals surface area contributed by atoms with Gasteiger partial charge in [0.1, 0.15) is 6.04 Å². The van der Waals surface area contributed by atoms with Crippen molar-refractivity contribution in [1.82, 2.24) is 15.1 Å². The van der Waals surface area contributed by atoms with Crippen LogP contribution in [0.2, 0.25) is 0 Å². The molecule has 1 rings (SSSR count). The number of hydrogen-bond acceptors (Lipinski definition) is 4. The topological polar surface area (TPSA) is 72.9 Å². The molecule has 1 unspecified atom stereocenters. The Morgan fingerprint density at radius 1 is 1.33 bits per heavy atom. The molecule has 18 heavy (non-hydrogen) atoms. The molecule has 2 N–H and O–H groups in total. The zero-order chi connectivity index (χ0) is 13.5. The number of nitrogens with zero attached hydrogens (tertiary/aromatic N) is 2. The van der Waals surface area contributed by atoms with Crippen LogP contribution in [0.4, 0.5) is 4.79 Å². The predicted molar refractivity (Wildman–Crippen MR) is 72.0 cm³/mol. The summed E-state index contributed by atoms with van der Waals surface area (Å²) in [5, 5.41) is 11.8. The van der Waals surface area contributed by atoms with Crippen molar-refractivity contribution in [3.63, 3.8) is 0 Å². The SMILES string of the molecule is CSCCNC(=O)N1CCN(C(C)C(=O)O)CC1. The maximum Gasteiger partial charge on any atom is 0.320 e. The number of aliphatic carboxylic acids is 1. The molecule has 1 atom stereocenters. The van der Waals surface area contributed by atoms with Crippen LogP contribution < -0.4 is 5.32 Å². The van der Waals surface area contributed by atoms with Gasteiger partial charge in [-0.15, -0.1) is 0 Å². The van der Waals surface area contributed by atoms with Crippen LogP contribution in [-0.2, 0) is 4.79 Å². The van der Waals surface area contributed by atoms with Crippen LogP contribution in [0.25, 0.3) is 0 Å². The van der Waals surface area contributed by atoms with E-state index in [0.717, 1.165) is 5.75 Å². The van der Waals surface area contributed by atoms with Gasteiger partial charge < -0.3 is 15.3 Å². The van der Waals surface area contributed by atoms with E-state index in [1.54, 1.807) is 23.6 Å². The van der Waals surface area contributed by atoms with Gasteiger partial charge in [0.15, 0.2) is 0 Å². The fourth-order valence-corrected chi connectivity index (χ4v) is 2.15. The van der Waals surface area contributed by atoms with E-state index >= 15 is 0 Å². The number of thioether (sulfide) groups is 1. The Labute approximate surface area is 112 Å². The van der Waals surface area contributed by atoms with E-state index in [4.69, 9.17) is 5.11 Å². The Hall–Kier alpha value is -0.950. The number of carboxylic acid groups (broad SMARTS) is 1. The number of carboxylic acids is 1. The first-order valence-electron chi connectivity index (χ1n) is 6.05. The van der Waals surface area contributed by atoms with Gasteiger partial charge in [0, 0.05) is 38.5 Å². The minimum absolute atomic E-state index is 0.0494. The van der Waals surface area contributed by atoms with Gasteiger partial charge >= 0.3 is 12.0 Å². The highest BCUT2D eigenvalue weighted by Gasteiger charge is 2.26. The van der Waals surface area contributed by atoms with Crippen LogP contribution in [0.3, 0.4) is 0 Å². The van der Waals surface area contributed by atoms with Crippen molar-refractivity contribution < 1.29 is 14.7 Å². The predicted octanol–water partition coefficient (Wildman–Crippen LogP) is 0.150. The molecule has 6 nitrogen and oxygen atoms in total. The molecule has 0 aromatic heterocycles. The fraction of sp³-hybridized carbons (Fsp3) is 0.818. The number of rotatable bonds is 5. The molecule has 0 spiro atoms. The van der Waals surface area contributed by atoms with E-state index in [1.165, 1.54) is 0 Å². The average molecular weight is 275 g/mol. The van der Waals surface area contributed by atoms with Crippen LogP contribution in [0.5, 0.6) is 0 Å². The fourth-order valence-electron chi connectivity index (χ4n) is 1.84. The minimum Gasteiger partial charge on any atom is -0.480 e. The summed E-state index contributed by atoms with van der Waals surface area (Å²) in [5.41, 5.74) is 0. The molecule has 1 fully saturated rings. The third-order valence-electron chi connectivity index (χ3n) is 3.09. The van der Waals surface area contributed by atoms with Crippen LogP contribution in [0.1, 0.15) is 6.92 Å². The molecule has 7 heteroatoms. The third kappa shape index (κ3) is 4.38. The number of urea groups is 1. The third-order valence-corrected chi connectivity index (χ3v) is 3.70. The van der Waals surface area contributed by atoms with Gasteiger partial charge in [0.2, 0.25) is 0 Å². The van der Waals surface area contributed by atoms with Gasteiger partial charge in [-0.25, -0.2) is 4.79 Å². The van der Waals surface area contributed by atoms with E-state index in [0.29, 0.717) is 32.7 Å². The van der Waals surface area contributed by atoms with Crippen molar-refractivity contribution in [3.8, 4) is 0 Å². The summed E-state index contributed by atoms with van der Waals surface area (Å²) in [7, 11) is 0. The van der Waals surface area contributed by atoms with Gasteiger partial charge in [0.25, 0.3) is 0 Å². The van der Waals surface area contributed by atoms with Crippen molar-refractivity contribution in [2.24, 2.45) is 0 Å². The Balaban J connectivity index is 2.30. The van der Waals surface area contributed by atoms with Crippen LogP contribution >= 0.6 is 11.8 Å². The normalized spacial score (nSPS) is 18.4. The van der Waals surface area contributed by atoms with Crippen LogP contribution in [0, 0.1) is 0 Å². The molecule has 1 saturated heterocycles. The largest absolute Gasteiger partial charge is 0.480 e. The van der Waals surface area contributed by atoms with Crippen molar-refractivity contribution in [1.29, 1.82) is 0 Å². The summed E-state index contributed by atoms with van der Waals surface area (Å²) in [5.74, 6) is 0.0924. The molecule has 0 bridgehead atoms. The zero-order valence-corrected chi connectivity index (χ0v) is 11.7. The molecule has 0 aromatic carbocycles. The van der Waals surface area contributed by atoms with Crippen LogP contribution in [0.15, 0.2) is 0 Å². The molecular weight excluding hydrogens is 254 g/mol. The number of nitrogens with one attached hydrogen (secondary N) is 1. The lowest BCUT2D eigenvalue weighted by Crippen LogP contribution is -2.55. The smallest absolute Gasteiger partial charge is 0.320 e. The first-order chi connectivity index (χ1) is 8.56. The van der Waals surface area contributed by atoms with E-state index in [1.807, 2.05) is 11.2 Å². The van der Waals surface area contributed by atoms with Crippen LogP contribution in [-0.4, -0.2) is 77.7 Å². The summed E-state index contributed by atoms with van der Waals surface area (Å²) in [6.07, 6.45) is 2.00. The first-order valence-corrected chi connectivity index (χ1v) is 7.44. The van der Waals surface area contributed by atoms with Crippen molar-refractivity contribution in [3.05, 3.63) is 0 Å². The maximum absolute atomic E-state index is 11.8. The number of amides is 2. The second-order valence-electron chi connectivity index (χ2n) is 4.26. The lowest BCUT2D eigenvalue weighted by molar-refractivity contribution is -0.143. The molecule has 0 aromatic rings. The molecule has 1 aliphatic heterocycles. The number of piperazine rings is 1. The van der Waals surface area contributed by atoms with Crippen molar-refractivity contribution in [2.45, 2.75) is 13.0 Å². The molecule has 1 aliphatic rings. The highest BCUT2D eigenvalue weighted by molar-refractivity contribution is 7.98. The summed E-state index contributed by atoms with van der Waals surface area (Å²) in [6.45, 7) is 4.75. The van der Waals surface area contributed by atoms with Crippen molar-refractivity contribution in [2.75, 3.05) is 44.7 Å². The Bertz CT molecular complexity index is 293. The highest BCUT2D eigenvalue weighted by atomic mass is 32.2. The second kappa shape index (κ2) is 7.48. The molecular formula is C11H21N3O3S. The Morgan fingerprint density at radius 2 is 1.94 bits per heavy atom. The van der Waals surface area contributed by atoms with Crippen molar-refractivity contribution >= 4 is 23.8 Å². The molecule has 104 valence electrons. The summed E-state index contributed by atoms with van der Waals surface area (Å²) in [4.78, 5) is 26.2. The number of carbonyl (C=O) groups is 2. The lowest BCUT2D eigenvalue weighted by Gasteiger charge is -2.36. The van der Waals surface area contributed by atoms with Gasteiger partial charge in [-0.05, 0) is 13.2 Å². The lowest BCUT2D eigenvalue weighted by atomic mass is 10.2. The monoisotopic (exact) mass is 275 g/mol. The van der Waals surface area contributed by atoms with Gasteiger partial charge in [-0.2, -0.15) is 11.8 Å². The summed E-state index contributed by atoms with van der Waals surface area (Å²) < 4.78 is 0. The van der Waals surface area contributed by atoms with E-state index in [-0.39, 0.29) is 6.03 Å². The Kier molecular flexibility index (Phi) is 6.28. The molecule has 0 radical (unpaired) electrons. The quantitative estimate of drug-likeness (QED) is 0.699. The number of hydrogen-bond donors (Lipinski definition) is 2. The van der Waals surface area contributed by atoms with E-state index < -0.39 is 12.0 Å². The van der Waals surface area contributed by atoms with Gasteiger partial charge in [-0.3, -0.25) is 9.69 Å². The molecule has 0 aliphatic carbocycles. The van der Waals surface area contributed by atoms with Gasteiger partial charge in [-0.1, -0.05) is 0 Å². The highest BCUT2D eigenvalue weighted by Crippen LogP contribution is 2.06. The number of carbonyl (C=O) groups excluding carboxylic acids is 1.